The Balaban J connectivity index is 1.75. The van der Waals surface area contributed by atoms with E-state index in [9.17, 15) is 26.4 Å². The molecule has 1 saturated heterocycles. The maximum absolute atomic E-state index is 13.2. The van der Waals surface area contributed by atoms with Gasteiger partial charge in [-0.3, -0.25) is 4.79 Å². The van der Waals surface area contributed by atoms with E-state index < -0.39 is 27.2 Å². The molecule has 0 atom stereocenters. The number of nitrogens with one attached hydrogen (secondary N) is 1. The number of carbonyl (C=O) groups excluding carboxylic acids is 1. The van der Waals surface area contributed by atoms with E-state index in [1.54, 1.807) is 13.0 Å². The molecule has 0 radical (unpaired) electrons. The summed E-state index contributed by atoms with van der Waals surface area (Å²) in [5, 5.41) is 3.01. The van der Waals surface area contributed by atoms with E-state index in [2.05, 4.69) is 5.32 Å². The Bertz CT molecular complexity index is 841. The van der Waals surface area contributed by atoms with Crippen molar-refractivity contribution >= 4 is 15.9 Å². The van der Waals surface area contributed by atoms with Crippen molar-refractivity contribution in [3.8, 4) is 0 Å². The Hall–Kier alpha value is -1.61. The summed E-state index contributed by atoms with van der Waals surface area (Å²) in [5.74, 6) is -0.200. The molecule has 1 aromatic carbocycles. The highest BCUT2D eigenvalue weighted by atomic mass is 32.2. The molecular formula is C20H27F3N2O3S. The lowest BCUT2D eigenvalue weighted by Gasteiger charge is -2.35. The second kappa shape index (κ2) is 8.26. The molecule has 9 heteroatoms. The van der Waals surface area contributed by atoms with Crippen molar-refractivity contribution in [2.75, 3.05) is 18.8 Å². The molecule has 1 heterocycles. The number of sulfonamides is 1. The standard InChI is InChI=1S/C20H27F3N2O3S/c1-2-29(27,28)25-12-8-17(9-13-25)24-18(26)19(10-3-4-11-19)15-6-5-7-16(14-15)20(21,22)23/h5-7,14,17H,2-4,8-13H2,1H3,(H,24,26). The second-order valence-electron chi connectivity index (χ2n) is 7.92. The Labute approximate surface area is 169 Å². The Kier molecular flexibility index (Phi) is 6.29. The maximum Gasteiger partial charge on any atom is 0.416 e. The number of rotatable bonds is 5. The predicted octanol–water partition coefficient (Wildman–Crippen LogP) is 3.45. The van der Waals surface area contributed by atoms with Crippen LogP contribution in [0.15, 0.2) is 24.3 Å². The third kappa shape index (κ3) is 4.60. The highest BCUT2D eigenvalue weighted by Crippen LogP contribution is 2.43. The molecule has 1 saturated carbocycles. The van der Waals surface area contributed by atoms with Crippen molar-refractivity contribution in [2.24, 2.45) is 0 Å². The number of hydrogen-bond acceptors (Lipinski definition) is 3. The van der Waals surface area contributed by atoms with Crippen LogP contribution in [0.5, 0.6) is 0 Å². The van der Waals surface area contributed by atoms with Crippen molar-refractivity contribution in [3.05, 3.63) is 35.4 Å². The van der Waals surface area contributed by atoms with E-state index in [0.717, 1.165) is 25.0 Å². The van der Waals surface area contributed by atoms with Gasteiger partial charge in [0.25, 0.3) is 0 Å². The fourth-order valence-electron chi connectivity index (χ4n) is 4.40. The van der Waals surface area contributed by atoms with Gasteiger partial charge in [-0.15, -0.1) is 0 Å². The first-order valence-corrected chi connectivity index (χ1v) is 11.7. The number of halogens is 3. The molecule has 2 aliphatic rings. The van der Waals surface area contributed by atoms with Crippen molar-refractivity contribution in [1.29, 1.82) is 0 Å². The van der Waals surface area contributed by atoms with Crippen LogP contribution in [0.2, 0.25) is 0 Å². The van der Waals surface area contributed by atoms with Crippen LogP contribution in [0.25, 0.3) is 0 Å². The number of carbonyl (C=O) groups is 1. The zero-order valence-corrected chi connectivity index (χ0v) is 17.3. The van der Waals surface area contributed by atoms with Crippen LogP contribution in [0.4, 0.5) is 13.2 Å². The van der Waals surface area contributed by atoms with Crippen LogP contribution in [-0.4, -0.2) is 43.5 Å². The molecule has 1 aromatic rings. The lowest BCUT2D eigenvalue weighted by molar-refractivity contribution is -0.138. The molecule has 1 aliphatic carbocycles. The quantitative estimate of drug-likeness (QED) is 0.775. The van der Waals surface area contributed by atoms with E-state index in [-0.39, 0.29) is 17.7 Å². The average Bonchev–Trinajstić information content (AvgIpc) is 3.19. The number of piperidine rings is 1. The smallest absolute Gasteiger partial charge is 0.352 e. The topological polar surface area (TPSA) is 66.5 Å². The predicted molar refractivity (Wildman–Crippen MR) is 104 cm³/mol. The lowest BCUT2D eigenvalue weighted by Crippen LogP contribution is -2.51. The molecule has 0 aromatic heterocycles. The number of hydrogen-bond donors (Lipinski definition) is 1. The molecule has 5 nitrogen and oxygen atoms in total. The van der Waals surface area contributed by atoms with Gasteiger partial charge in [0.1, 0.15) is 0 Å². The summed E-state index contributed by atoms with van der Waals surface area (Å²) in [6.07, 6.45) is -0.836. The molecular weight excluding hydrogens is 405 g/mol. The van der Waals surface area contributed by atoms with Gasteiger partial charge >= 0.3 is 6.18 Å². The summed E-state index contributed by atoms with van der Waals surface area (Å²) in [4.78, 5) is 13.2. The molecule has 3 rings (SSSR count). The molecule has 162 valence electrons. The van der Waals surface area contributed by atoms with E-state index in [4.69, 9.17) is 0 Å². The van der Waals surface area contributed by atoms with Crippen molar-refractivity contribution in [2.45, 2.75) is 63.1 Å². The number of amides is 1. The van der Waals surface area contributed by atoms with Crippen LogP contribution >= 0.6 is 0 Å². The first kappa shape index (κ1) is 22.1. The minimum Gasteiger partial charge on any atom is -0.352 e. The zero-order chi connectivity index (χ0) is 21.3. The summed E-state index contributed by atoms with van der Waals surface area (Å²) in [5.41, 5.74) is -1.28. The van der Waals surface area contributed by atoms with Crippen LogP contribution in [0.3, 0.4) is 0 Å². The minimum absolute atomic E-state index is 0.0443. The van der Waals surface area contributed by atoms with Gasteiger partial charge in [-0.25, -0.2) is 12.7 Å². The monoisotopic (exact) mass is 432 g/mol. The average molecular weight is 433 g/mol. The molecule has 1 N–H and O–H groups in total. The van der Waals surface area contributed by atoms with Crippen molar-refractivity contribution in [1.82, 2.24) is 9.62 Å². The summed E-state index contributed by atoms with van der Waals surface area (Å²) in [7, 11) is -3.25. The van der Waals surface area contributed by atoms with Crippen molar-refractivity contribution in [3.63, 3.8) is 0 Å². The number of benzene rings is 1. The van der Waals surface area contributed by atoms with E-state index in [1.807, 2.05) is 0 Å². The fraction of sp³-hybridized carbons (Fsp3) is 0.650. The molecule has 1 aliphatic heterocycles. The van der Waals surface area contributed by atoms with Gasteiger partial charge in [0.05, 0.1) is 16.7 Å². The first-order valence-electron chi connectivity index (χ1n) is 10.0. The van der Waals surface area contributed by atoms with E-state index >= 15 is 0 Å². The number of nitrogens with zero attached hydrogens (tertiary/aromatic N) is 1. The largest absolute Gasteiger partial charge is 0.416 e. The third-order valence-electron chi connectivity index (χ3n) is 6.18. The summed E-state index contributed by atoms with van der Waals surface area (Å²) in [6, 6.07) is 4.92. The zero-order valence-electron chi connectivity index (χ0n) is 16.5. The summed E-state index contributed by atoms with van der Waals surface area (Å²) >= 11 is 0. The highest BCUT2D eigenvalue weighted by Gasteiger charge is 2.44. The Morgan fingerprint density at radius 2 is 1.83 bits per heavy atom. The van der Waals surface area contributed by atoms with Gasteiger partial charge in [-0.1, -0.05) is 31.0 Å². The van der Waals surface area contributed by atoms with E-state index in [0.29, 0.717) is 44.3 Å². The third-order valence-corrected chi connectivity index (χ3v) is 8.06. The van der Waals surface area contributed by atoms with Crippen LogP contribution in [-0.2, 0) is 26.4 Å². The SMILES string of the molecule is CCS(=O)(=O)N1CCC(NC(=O)C2(c3cccc(C(F)(F)F)c3)CCCC2)CC1. The number of alkyl halides is 3. The minimum atomic E-state index is -4.45. The first-order chi connectivity index (χ1) is 13.6. The van der Waals surface area contributed by atoms with E-state index in [1.165, 1.54) is 10.4 Å². The fourth-order valence-corrected chi connectivity index (χ4v) is 5.54. The summed E-state index contributed by atoms with van der Waals surface area (Å²) in [6.45, 7) is 2.29. The molecule has 0 unspecified atom stereocenters. The second-order valence-corrected chi connectivity index (χ2v) is 10.2. The molecule has 29 heavy (non-hydrogen) atoms. The van der Waals surface area contributed by atoms with Gasteiger partial charge < -0.3 is 5.32 Å². The molecule has 2 fully saturated rings. The molecule has 1 amide bonds. The Morgan fingerprint density at radius 3 is 2.38 bits per heavy atom. The summed E-state index contributed by atoms with van der Waals surface area (Å²) < 4.78 is 64.9. The lowest BCUT2D eigenvalue weighted by atomic mass is 9.77. The van der Waals surface area contributed by atoms with Crippen molar-refractivity contribution < 1.29 is 26.4 Å². The molecule has 0 spiro atoms. The van der Waals surface area contributed by atoms with Gasteiger partial charge in [0.2, 0.25) is 15.9 Å². The normalized spacial score (nSPS) is 21.2. The van der Waals surface area contributed by atoms with Gasteiger partial charge in [0.15, 0.2) is 0 Å². The van der Waals surface area contributed by atoms with Crippen LogP contribution in [0.1, 0.15) is 56.6 Å². The maximum atomic E-state index is 13.2. The molecule has 0 bridgehead atoms. The van der Waals surface area contributed by atoms with Crippen LogP contribution < -0.4 is 5.32 Å². The van der Waals surface area contributed by atoms with Crippen LogP contribution in [0, 0.1) is 0 Å². The van der Waals surface area contributed by atoms with Gasteiger partial charge in [-0.2, -0.15) is 13.2 Å². The highest BCUT2D eigenvalue weighted by molar-refractivity contribution is 7.89. The Morgan fingerprint density at radius 1 is 1.21 bits per heavy atom. The van der Waals surface area contributed by atoms with Gasteiger partial charge in [0, 0.05) is 19.1 Å². The van der Waals surface area contributed by atoms with Gasteiger partial charge in [-0.05, 0) is 44.2 Å².